The summed E-state index contributed by atoms with van der Waals surface area (Å²) < 4.78 is 6.78. The molecule has 0 saturated carbocycles. The van der Waals surface area contributed by atoms with Crippen LogP contribution in [-0.2, 0) is 15.5 Å². The van der Waals surface area contributed by atoms with Crippen molar-refractivity contribution in [1.82, 2.24) is 0 Å². The summed E-state index contributed by atoms with van der Waals surface area (Å²) in [5.41, 5.74) is 2.11. The third kappa shape index (κ3) is 4.68. The van der Waals surface area contributed by atoms with Crippen molar-refractivity contribution in [3.63, 3.8) is 0 Å². The standard InChI is InChI=1S/C30H29N2O6P/c1-21-11-5-8-14-28(21)39(38-24(4)33,29-15-9-6-12-22(29)2,30-16-10-7-13-23(30)3)20-25-17-26(31(34)35)19-27(18-25)32(36)37/h5-19H,20H2,1-4H3. The molecule has 0 fully saturated rings. The van der Waals surface area contributed by atoms with Gasteiger partial charge in [-0.1, -0.05) is 0 Å². The van der Waals surface area contributed by atoms with E-state index in [4.69, 9.17) is 4.52 Å². The van der Waals surface area contributed by atoms with Gasteiger partial charge >= 0.3 is 227 Å². The van der Waals surface area contributed by atoms with E-state index in [1.807, 2.05) is 93.6 Å². The zero-order chi connectivity index (χ0) is 28.4. The molecule has 8 nitrogen and oxygen atoms in total. The Labute approximate surface area is 226 Å². The van der Waals surface area contributed by atoms with Crippen LogP contribution in [0.5, 0.6) is 0 Å². The van der Waals surface area contributed by atoms with Gasteiger partial charge in [0.15, 0.2) is 0 Å². The molecule has 0 bridgehead atoms. The van der Waals surface area contributed by atoms with E-state index in [-0.39, 0.29) is 6.16 Å². The molecule has 0 atom stereocenters. The monoisotopic (exact) mass is 544 g/mol. The summed E-state index contributed by atoms with van der Waals surface area (Å²) in [4.78, 5) is 35.6. The summed E-state index contributed by atoms with van der Waals surface area (Å²) in [5, 5.41) is 26.0. The molecule has 4 aromatic carbocycles. The fourth-order valence-corrected chi connectivity index (χ4v) is 12.5. The van der Waals surface area contributed by atoms with E-state index in [1.54, 1.807) is 0 Å². The van der Waals surface area contributed by atoms with Gasteiger partial charge in [-0.05, 0) is 0 Å². The number of nitro groups is 2. The van der Waals surface area contributed by atoms with Crippen LogP contribution in [-0.4, -0.2) is 15.8 Å². The van der Waals surface area contributed by atoms with Gasteiger partial charge in [0.1, 0.15) is 0 Å². The molecule has 4 rings (SSSR count). The molecular weight excluding hydrogens is 515 g/mol. The van der Waals surface area contributed by atoms with Crippen molar-refractivity contribution in [2.24, 2.45) is 0 Å². The van der Waals surface area contributed by atoms with Crippen LogP contribution in [0, 0.1) is 41.0 Å². The number of aryl methyl sites for hydroxylation is 3. The summed E-state index contributed by atoms with van der Waals surface area (Å²) in [6.45, 7) is 2.80. The Kier molecular flexibility index (Phi) is 7.35. The van der Waals surface area contributed by atoms with E-state index in [0.29, 0.717) is 5.56 Å². The first-order valence-corrected chi connectivity index (χ1v) is 14.7. The first-order valence-electron chi connectivity index (χ1n) is 12.3. The molecular formula is C30H29N2O6P. The number of nitro benzene ring substituents is 2. The summed E-state index contributed by atoms with van der Waals surface area (Å²) in [6.07, 6.45) is -0.00569. The summed E-state index contributed by atoms with van der Waals surface area (Å²) in [6, 6.07) is 26.5. The Bertz CT molecular complexity index is 1470. The maximum absolute atomic E-state index is 13.3. The molecule has 0 aliphatic heterocycles. The van der Waals surface area contributed by atoms with Crippen molar-refractivity contribution in [3.8, 4) is 0 Å². The summed E-state index contributed by atoms with van der Waals surface area (Å²) in [7, 11) is 0. The first-order chi connectivity index (χ1) is 18.5. The number of nitrogens with zero attached hydrogens (tertiary/aromatic N) is 2. The quantitative estimate of drug-likeness (QED) is 0.154. The Morgan fingerprint density at radius 1 is 0.692 bits per heavy atom. The van der Waals surface area contributed by atoms with E-state index in [2.05, 4.69) is 0 Å². The third-order valence-corrected chi connectivity index (χ3v) is 13.3. The van der Waals surface area contributed by atoms with Gasteiger partial charge in [-0.15, -0.1) is 0 Å². The van der Waals surface area contributed by atoms with Crippen molar-refractivity contribution in [2.45, 2.75) is 33.9 Å². The number of hydrogen-bond acceptors (Lipinski definition) is 6. The van der Waals surface area contributed by atoms with Crippen LogP contribution in [0.25, 0.3) is 0 Å². The van der Waals surface area contributed by atoms with Gasteiger partial charge in [0.05, 0.1) is 0 Å². The average molecular weight is 545 g/mol. The minimum absolute atomic E-state index is 0.00569. The fraction of sp³-hybridized carbons (Fsp3) is 0.167. The van der Waals surface area contributed by atoms with Crippen LogP contribution in [0.2, 0.25) is 0 Å². The number of carbonyl (C=O) groups excluding carboxylic acids is 1. The van der Waals surface area contributed by atoms with Crippen molar-refractivity contribution in [1.29, 1.82) is 0 Å². The second-order valence-electron chi connectivity index (χ2n) is 9.69. The number of rotatable bonds is 8. The van der Waals surface area contributed by atoms with Crippen LogP contribution in [0.3, 0.4) is 0 Å². The van der Waals surface area contributed by atoms with Gasteiger partial charge < -0.3 is 0 Å². The van der Waals surface area contributed by atoms with Crippen molar-refractivity contribution in [3.05, 3.63) is 133 Å². The molecule has 0 aliphatic rings. The summed E-state index contributed by atoms with van der Waals surface area (Å²) >= 11 is 0. The molecule has 4 aromatic rings. The minimum atomic E-state index is -4.36. The number of carbonyl (C=O) groups is 1. The van der Waals surface area contributed by atoms with Crippen LogP contribution in [0.15, 0.2) is 91.0 Å². The zero-order valence-corrected chi connectivity index (χ0v) is 23.1. The van der Waals surface area contributed by atoms with E-state index in [9.17, 15) is 25.0 Å². The first kappa shape index (κ1) is 27.6. The van der Waals surface area contributed by atoms with Gasteiger partial charge in [0.25, 0.3) is 0 Å². The van der Waals surface area contributed by atoms with Gasteiger partial charge in [-0.25, -0.2) is 0 Å². The molecule has 200 valence electrons. The number of non-ortho nitro benzene ring substituents is 2. The topological polar surface area (TPSA) is 113 Å². The molecule has 0 amide bonds. The predicted octanol–water partition coefficient (Wildman–Crippen LogP) is 5.94. The maximum atomic E-state index is 13.3. The van der Waals surface area contributed by atoms with Gasteiger partial charge in [-0.3, -0.25) is 0 Å². The van der Waals surface area contributed by atoms with E-state index in [0.717, 1.165) is 38.7 Å². The van der Waals surface area contributed by atoms with Crippen LogP contribution >= 0.6 is 6.83 Å². The average Bonchev–Trinajstić information content (AvgIpc) is 2.88. The van der Waals surface area contributed by atoms with Crippen LogP contribution in [0.1, 0.15) is 29.2 Å². The molecule has 0 aromatic heterocycles. The SMILES string of the molecule is CC(=O)OP(Cc1cc([N+](=O)[O-])cc([N+](=O)[O-])c1)(c1ccccc1C)(c1ccccc1C)c1ccccc1C. The molecule has 9 heteroatoms. The fourth-order valence-electron chi connectivity index (χ4n) is 5.70. The molecule has 0 saturated heterocycles. The second kappa shape index (κ2) is 10.4. The molecule has 0 radical (unpaired) electrons. The van der Waals surface area contributed by atoms with E-state index in [1.165, 1.54) is 19.1 Å². The number of benzene rings is 4. The molecule has 0 spiro atoms. The molecule has 0 N–H and O–H groups in total. The Morgan fingerprint density at radius 3 is 1.36 bits per heavy atom. The molecule has 39 heavy (non-hydrogen) atoms. The Morgan fingerprint density at radius 2 is 1.05 bits per heavy atom. The second-order valence-corrected chi connectivity index (χ2v) is 14.1. The molecule has 0 heterocycles. The van der Waals surface area contributed by atoms with Crippen LogP contribution in [0.4, 0.5) is 11.4 Å². The molecule has 0 unspecified atom stereocenters. The predicted molar refractivity (Wildman–Crippen MR) is 155 cm³/mol. The van der Waals surface area contributed by atoms with Crippen LogP contribution < -0.4 is 15.9 Å². The van der Waals surface area contributed by atoms with Crippen molar-refractivity contribution >= 4 is 40.1 Å². The van der Waals surface area contributed by atoms with E-state index < -0.39 is 34.0 Å². The van der Waals surface area contributed by atoms with Crippen molar-refractivity contribution < 1.29 is 19.2 Å². The number of hydrogen-bond donors (Lipinski definition) is 0. The Balaban J connectivity index is 2.31. The van der Waals surface area contributed by atoms with Gasteiger partial charge in [0, 0.05) is 0 Å². The Hall–Kier alpha value is -4.42. The zero-order valence-electron chi connectivity index (χ0n) is 22.2. The van der Waals surface area contributed by atoms with E-state index >= 15 is 0 Å². The van der Waals surface area contributed by atoms with Gasteiger partial charge in [-0.2, -0.15) is 0 Å². The normalized spacial score (nSPS) is 12.3. The van der Waals surface area contributed by atoms with Gasteiger partial charge in [0.2, 0.25) is 0 Å². The summed E-state index contributed by atoms with van der Waals surface area (Å²) in [5.74, 6) is -0.526. The third-order valence-electron chi connectivity index (χ3n) is 7.07. The molecule has 0 aliphatic carbocycles. The van der Waals surface area contributed by atoms with Crippen molar-refractivity contribution in [2.75, 3.05) is 0 Å².